The van der Waals surface area contributed by atoms with Gasteiger partial charge >= 0.3 is 5.97 Å². The third-order valence-electron chi connectivity index (χ3n) is 2.40. The van der Waals surface area contributed by atoms with E-state index in [4.69, 9.17) is 9.84 Å². The normalized spacial score (nSPS) is 10.3. The molecule has 98 valence electrons. The summed E-state index contributed by atoms with van der Waals surface area (Å²) in [6.45, 7) is 1.57. The van der Waals surface area contributed by atoms with Crippen molar-refractivity contribution < 1.29 is 19.0 Å². The number of aryl methyl sites for hydroxylation is 1. The smallest absolute Gasteiger partial charge is 0.337 e. The Morgan fingerprint density at radius 1 is 1.37 bits per heavy atom. The number of halogens is 2. The Morgan fingerprint density at radius 2 is 2.11 bits per heavy atom. The molecule has 1 aromatic carbocycles. The van der Waals surface area contributed by atoms with Crippen molar-refractivity contribution >= 4 is 21.9 Å². The number of ether oxygens (including phenoxy) is 1. The number of carboxylic acid groups (broad SMARTS) is 1. The first-order valence-corrected chi connectivity index (χ1v) is 6.10. The third-order valence-corrected chi connectivity index (χ3v) is 3.05. The van der Waals surface area contributed by atoms with Crippen molar-refractivity contribution in [3.63, 3.8) is 0 Å². The van der Waals surface area contributed by atoms with Gasteiger partial charge in [-0.15, -0.1) is 0 Å². The molecule has 0 aliphatic heterocycles. The highest BCUT2D eigenvalue weighted by molar-refractivity contribution is 9.10. The van der Waals surface area contributed by atoms with Crippen molar-refractivity contribution in [1.29, 1.82) is 0 Å². The molecule has 0 aliphatic carbocycles. The number of benzene rings is 1. The van der Waals surface area contributed by atoms with Crippen molar-refractivity contribution in [3.05, 3.63) is 51.9 Å². The van der Waals surface area contributed by atoms with Gasteiger partial charge in [0.05, 0.1) is 15.7 Å². The zero-order valence-electron chi connectivity index (χ0n) is 9.85. The van der Waals surface area contributed by atoms with Gasteiger partial charge in [0, 0.05) is 12.1 Å². The maximum Gasteiger partial charge on any atom is 0.337 e. The van der Waals surface area contributed by atoms with Gasteiger partial charge in [0.15, 0.2) is 0 Å². The van der Waals surface area contributed by atoms with Gasteiger partial charge in [0.2, 0.25) is 5.88 Å². The lowest BCUT2D eigenvalue weighted by Crippen LogP contribution is -2.02. The van der Waals surface area contributed by atoms with Crippen LogP contribution in [0.2, 0.25) is 0 Å². The molecule has 1 aromatic heterocycles. The van der Waals surface area contributed by atoms with Crippen LogP contribution in [0.3, 0.4) is 0 Å². The van der Waals surface area contributed by atoms with E-state index in [2.05, 4.69) is 20.9 Å². The van der Waals surface area contributed by atoms with Crippen molar-refractivity contribution in [2.75, 3.05) is 0 Å². The van der Waals surface area contributed by atoms with Crippen LogP contribution in [0.4, 0.5) is 4.39 Å². The van der Waals surface area contributed by atoms with Gasteiger partial charge in [-0.3, -0.25) is 0 Å². The fraction of sp³-hybridized carbons (Fsp3) is 0.0769. The summed E-state index contributed by atoms with van der Waals surface area (Å²) >= 11 is 3.04. The summed E-state index contributed by atoms with van der Waals surface area (Å²) in [5.74, 6) is -0.998. The monoisotopic (exact) mass is 325 g/mol. The van der Waals surface area contributed by atoms with Crippen LogP contribution in [0.5, 0.6) is 11.6 Å². The number of hydrogen-bond donors (Lipinski definition) is 1. The van der Waals surface area contributed by atoms with E-state index in [-0.39, 0.29) is 17.2 Å². The Hall–Kier alpha value is -1.95. The van der Waals surface area contributed by atoms with E-state index in [1.165, 1.54) is 24.3 Å². The first-order valence-electron chi connectivity index (χ1n) is 5.31. The molecule has 0 aliphatic rings. The number of nitrogens with zero attached hydrogens (tertiary/aromatic N) is 1. The maximum absolute atomic E-state index is 13.3. The number of carboxylic acids is 1. The number of aromatic carboxylic acids is 1. The first kappa shape index (κ1) is 13.5. The molecule has 19 heavy (non-hydrogen) atoms. The van der Waals surface area contributed by atoms with Crippen LogP contribution in [0, 0.1) is 12.7 Å². The summed E-state index contributed by atoms with van der Waals surface area (Å²) in [7, 11) is 0. The van der Waals surface area contributed by atoms with Crippen LogP contribution < -0.4 is 4.74 Å². The Balaban J connectivity index is 2.26. The minimum atomic E-state index is -1.05. The van der Waals surface area contributed by atoms with Crippen LogP contribution >= 0.6 is 15.9 Å². The number of aromatic nitrogens is 1. The van der Waals surface area contributed by atoms with E-state index >= 15 is 0 Å². The second-order valence-corrected chi connectivity index (χ2v) is 4.62. The quantitative estimate of drug-likeness (QED) is 0.932. The van der Waals surface area contributed by atoms with Gasteiger partial charge in [-0.1, -0.05) is 0 Å². The van der Waals surface area contributed by atoms with Gasteiger partial charge in [-0.2, -0.15) is 0 Å². The molecule has 0 saturated heterocycles. The zero-order valence-corrected chi connectivity index (χ0v) is 11.4. The topological polar surface area (TPSA) is 59.4 Å². The maximum atomic E-state index is 13.3. The van der Waals surface area contributed by atoms with Gasteiger partial charge in [0.1, 0.15) is 11.6 Å². The molecule has 6 heteroatoms. The van der Waals surface area contributed by atoms with E-state index in [1.54, 1.807) is 13.0 Å². The summed E-state index contributed by atoms with van der Waals surface area (Å²) in [6.07, 6.45) is 0. The summed E-state index contributed by atoms with van der Waals surface area (Å²) in [5, 5.41) is 8.88. The van der Waals surface area contributed by atoms with Gasteiger partial charge < -0.3 is 9.84 Å². The second kappa shape index (κ2) is 5.36. The summed E-state index contributed by atoms with van der Waals surface area (Å²) < 4.78 is 19.0. The average Bonchev–Trinajstić information content (AvgIpc) is 2.33. The largest absolute Gasteiger partial charge is 0.478 e. The molecule has 1 heterocycles. The highest BCUT2D eigenvalue weighted by Gasteiger charge is 2.10. The number of rotatable bonds is 3. The van der Waals surface area contributed by atoms with Gasteiger partial charge in [0.25, 0.3) is 0 Å². The molecule has 0 fully saturated rings. The highest BCUT2D eigenvalue weighted by Crippen LogP contribution is 2.25. The average molecular weight is 326 g/mol. The highest BCUT2D eigenvalue weighted by atomic mass is 79.9. The number of carbonyl (C=O) groups is 1. The van der Waals surface area contributed by atoms with Gasteiger partial charge in [-0.25, -0.2) is 14.2 Å². The van der Waals surface area contributed by atoms with E-state index in [0.717, 1.165) is 0 Å². The van der Waals surface area contributed by atoms with E-state index < -0.39 is 11.8 Å². The SMILES string of the molecule is Cc1nc(Oc2ccc(Br)c(F)c2)ccc1C(=O)O. The molecular weight excluding hydrogens is 317 g/mol. The van der Waals surface area contributed by atoms with Crippen LogP contribution in [0.1, 0.15) is 16.1 Å². The minimum Gasteiger partial charge on any atom is -0.478 e. The molecule has 1 N–H and O–H groups in total. The molecule has 0 unspecified atom stereocenters. The number of pyridine rings is 1. The number of hydrogen-bond acceptors (Lipinski definition) is 3. The van der Waals surface area contributed by atoms with Gasteiger partial charge in [-0.05, 0) is 41.1 Å². The molecule has 4 nitrogen and oxygen atoms in total. The third kappa shape index (κ3) is 3.08. The zero-order chi connectivity index (χ0) is 14.0. The Morgan fingerprint density at radius 3 is 2.68 bits per heavy atom. The van der Waals surface area contributed by atoms with Crippen molar-refractivity contribution in [1.82, 2.24) is 4.98 Å². The Kier molecular flexibility index (Phi) is 3.80. The molecule has 0 spiro atoms. The molecule has 0 atom stereocenters. The Bertz CT molecular complexity index is 646. The summed E-state index contributed by atoms with van der Waals surface area (Å²) in [6, 6.07) is 7.14. The van der Waals surface area contributed by atoms with E-state index in [9.17, 15) is 9.18 Å². The second-order valence-electron chi connectivity index (χ2n) is 3.77. The molecule has 2 aromatic rings. The fourth-order valence-corrected chi connectivity index (χ4v) is 1.73. The van der Waals surface area contributed by atoms with Crippen LogP contribution in [-0.2, 0) is 0 Å². The van der Waals surface area contributed by atoms with Crippen molar-refractivity contribution in [2.24, 2.45) is 0 Å². The first-order chi connectivity index (χ1) is 8.97. The lowest BCUT2D eigenvalue weighted by atomic mass is 10.2. The van der Waals surface area contributed by atoms with E-state index in [0.29, 0.717) is 10.2 Å². The Labute approximate surface area is 117 Å². The van der Waals surface area contributed by atoms with Crippen LogP contribution in [0.25, 0.3) is 0 Å². The molecule has 2 rings (SSSR count). The standard InChI is InChI=1S/C13H9BrFNO3/c1-7-9(13(17)18)3-5-12(16-7)19-8-2-4-10(14)11(15)6-8/h2-6H,1H3,(H,17,18). The molecule has 0 amide bonds. The summed E-state index contributed by atoms with van der Waals surface area (Å²) in [5.41, 5.74) is 0.442. The van der Waals surface area contributed by atoms with Crippen LogP contribution in [-0.4, -0.2) is 16.1 Å². The molecular formula is C13H9BrFNO3. The fourth-order valence-electron chi connectivity index (χ4n) is 1.48. The predicted octanol–water partition coefficient (Wildman–Crippen LogP) is 3.78. The lowest BCUT2D eigenvalue weighted by Gasteiger charge is -2.07. The van der Waals surface area contributed by atoms with Crippen molar-refractivity contribution in [3.8, 4) is 11.6 Å². The molecule has 0 saturated carbocycles. The van der Waals surface area contributed by atoms with E-state index in [1.807, 2.05) is 0 Å². The van der Waals surface area contributed by atoms with Crippen molar-refractivity contribution in [2.45, 2.75) is 6.92 Å². The molecule has 0 bridgehead atoms. The summed E-state index contributed by atoms with van der Waals surface area (Å²) in [4.78, 5) is 14.8. The molecule has 0 radical (unpaired) electrons. The minimum absolute atomic E-state index is 0.106. The predicted molar refractivity (Wildman–Crippen MR) is 70.1 cm³/mol. The lowest BCUT2D eigenvalue weighted by molar-refractivity contribution is 0.0695. The van der Waals surface area contributed by atoms with Crippen LogP contribution in [0.15, 0.2) is 34.8 Å².